The Morgan fingerprint density at radius 3 is 1.84 bits per heavy atom. The van der Waals surface area contributed by atoms with Gasteiger partial charge in [0.05, 0.1) is 17.5 Å². The maximum Gasteiger partial charge on any atom is 0.435 e. The van der Waals surface area contributed by atoms with E-state index in [0.717, 1.165) is 29.2 Å². The average Bonchev–Trinajstić information content (AvgIpc) is 3.37. The molecule has 2 unspecified atom stereocenters. The number of sulfone groups is 1. The van der Waals surface area contributed by atoms with Crippen LogP contribution < -0.4 is 0 Å². The van der Waals surface area contributed by atoms with Crippen LogP contribution in [0.2, 0.25) is 0 Å². The first-order valence-electron chi connectivity index (χ1n) is 13.4. The van der Waals surface area contributed by atoms with Crippen molar-refractivity contribution in [2.24, 2.45) is 11.8 Å². The van der Waals surface area contributed by atoms with E-state index in [1.807, 2.05) is 0 Å². The molecule has 238 valence electrons. The lowest BCUT2D eigenvalue weighted by atomic mass is 9.81. The number of alkyl halides is 7. The monoisotopic (exact) mass is 643 g/mol. The maximum atomic E-state index is 14.7. The van der Waals surface area contributed by atoms with Gasteiger partial charge in [0.2, 0.25) is 5.91 Å². The summed E-state index contributed by atoms with van der Waals surface area (Å²) in [7, 11) is -4.67. The summed E-state index contributed by atoms with van der Waals surface area (Å²) in [5.41, 5.74) is -7.92. The standard InChI is InChI=1S/C28H29F8NO5S/c29-21-9-11-23(12-10-21)43(41,42)25(19-5-7-20(8-6-19)26(30,27(31,32)33)28(34,35)36)13-22(15-39)37(16-25)24(40)18-3-1-17(14-38)2-4-18/h5-12,17-18,22,38-39H,1-4,13-16H2. The normalized spacial score (nSPS) is 25.6. The molecule has 6 nitrogen and oxygen atoms in total. The summed E-state index contributed by atoms with van der Waals surface area (Å²) in [6.45, 7) is -1.41. The van der Waals surface area contributed by atoms with Gasteiger partial charge in [0.25, 0.3) is 0 Å². The highest BCUT2D eigenvalue weighted by Crippen LogP contribution is 2.54. The molecule has 0 spiro atoms. The summed E-state index contributed by atoms with van der Waals surface area (Å²) >= 11 is 0. The first-order chi connectivity index (χ1) is 19.9. The first-order valence-corrected chi connectivity index (χ1v) is 14.9. The summed E-state index contributed by atoms with van der Waals surface area (Å²) in [6.07, 6.45) is -11.5. The number of nitrogens with zero attached hydrogens (tertiary/aromatic N) is 1. The zero-order valence-corrected chi connectivity index (χ0v) is 23.3. The predicted octanol–water partition coefficient (Wildman–Crippen LogP) is 5.18. The van der Waals surface area contributed by atoms with Crippen molar-refractivity contribution in [3.63, 3.8) is 0 Å². The molecule has 0 radical (unpaired) electrons. The quantitative estimate of drug-likeness (QED) is 0.321. The molecule has 43 heavy (non-hydrogen) atoms. The second-order valence-corrected chi connectivity index (χ2v) is 13.3. The molecule has 2 aromatic rings. The number of rotatable bonds is 7. The maximum absolute atomic E-state index is 14.7. The molecule has 1 aliphatic heterocycles. The molecule has 0 bridgehead atoms. The van der Waals surface area contributed by atoms with Crippen LogP contribution in [0, 0.1) is 17.7 Å². The van der Waals surface area contributed by atoms with Gasteiger partial charge >= 0.3 is 18.0 Å². The fourth-order valence-corrected chi connectivity index (χ4v) is 8.21. The van der Waals surface area contributed by atoms with E-state index in [1.54, 1.807) is 0 Å². The van der Waals surface area contributed by atoms with Gasteiger partial charge in [0.1, 0.15) is 10.6 Å². The summed E-state index contributed by atoms with van der Waals surface area (Å²) in [4.78, 5) is 14.3. The van der Waals surface area contributed by atoms with Crippen molar-refractivity contribution < 1.29 is 58.5 Å². The van der Waals surface area contributed by atoms with E-state index in [2.05, 4.69) is 0 Å². The second-order valence-electron chi connectivity index (χ2n) is 11.1. The molecule has 4 rings (SSSR count). The van der Waals surface area contributed by atoms with Crippen molar-refractivity contribution in [3.05, 3.63) is 65.5 Å². The number of halogens is 8. The molecule has 2 N–H and O–H groups in total. The van der Waals surface area contributed by atoms with Gasteiger partial charge in [-0.15, -0.1) is 0 Å². The summed E-state index contributed by atoms with van der Waals surface area (Å²) in [5.74, 6) is -1.87. The molecule has 1 saturated heterocycles. The fourth-order valence-electron chi connectivity index (χ4n) is 6.10. The Kier molecular flexibility index (Phi) is 8.95. The number of hydrogen-bond acceptors (Lipinski definition) is 5. The van der Waals surface area contributed by atoms with Crippen molar-refractivity contribution in [1.82, 2.24) is 4.90 Å². The Hall–Kier alpha value is -2.78. The topological polar surface area (TPSA) is 94.9 Å². The Labute approximate surface area is 242 Å². The molecule has 0 aromatic heterocycles. The smallest absolute Gasteiger partial charge is 0.396 e. The summed E-state index contributed by atoms with van der Waals surface area (Å²) in [5, 5.41) is 19.6. The highest BCUT2D eigenvalue weighted by molar-refractivity contribution is 7.92. The Morgan fingerprint density at radius 1 is 0.837 bits per heavy atom. The Balaban J connectivity index is 1.82. The number of hydrogen-bond donors (Lipinski definition) is 2. The number of carbonyl (C=O) groups is 1. The van der Waals surface area contributed by atoms with E-state index in [9.17, 15) is 58.5 Å². The number of aliphatic hydroxyl groups excluding tert-OH is 2. The number of benzene rings is 2. The minimum atomic E-state index is -6.39. The van der Waals surface area contributed by atoms with Crippen molar-refractivity contribution >= 4 is 15.7 Å². The zero-order chi connectivity index (χ0) is 32.0. The Morgan fingerprint density at radius 2 is 1.37 bits per heavy atom. The Bertz CT molecular complexity index is 1390. The molecule has 1 saturated carbocycles. The van der Waals surface area contributed by atoms with Crippen LogP contribution in [0.25, 0.3) is 0 Å². The third-order valence-corrected chi connectivity index (χ3v) is 11.1. The van der Waals surface area contributed by atoms with Crippen LogP contribution in [0.3, 0.4) is 0 Å². The summed E-state index contributed by atoms with van der Waals surface area (Å²) in [6, 6.07) is 4.10. The van der Waals surface area contributed by atoms with Crippen LogP contribution in [-0.2, 0) is 25.0 Å². The van der Waals surface area contributed by atoms with Crippen LogP contribution in [-0.4, -0.2) is 67.6 Å². The molecule has 2 atom stereocenters. The van der Waals surface area contributed by atoms with Crippen LogP contribution in [0.5, 0.6) is 0 Å². The molecular weight excluding hydrogens is 614 g/mol. The van der Waals surface area contributed by atoms with Gasteiger partial charge in [-0.05, 0) is 67.9 Å². The third kappa shape index (κ3) is 5.63. The molecule has 2 aliphatic rings. The molecule has 1 amide bonds. The van der Waals surface area contributed by atoms with Crippen molar-refractivity contribution in [2.75, 3.05) is 19.8 Å². The fraction of sp³-hybridized carbons (Fsp3) is 0.536. The van der Waals surface area contributed by atoms with Crippen LogP contribution in [0.1, 0.15) is 43.2 Å². The number of carbonyl (C=O) groups excluding carboxylic acids is 1. The van der Waals surface area contributed by atoms with Crippen LogP contribution in [0.15, 0.2) is 53.4 Å². The lowest BCUT2D eigenvalue weighted by Gasteiger charge is -2.34. The number of amides is 1. The molecule has 2 aromatic carbocycles. The molecule has 1 heterocycles. The van der Waals surface area contributed by atoms with E-state index in [0.29, 0.717) is 37.8 Å². The lowest BCUT2D eigenvalue weighted by Crippen LogP contribution is -2.50. The molecule has 15 heteroatoms. The van der Waals surface area contributed by atoms with E-state index in [-0.39, 0.29) is 30.2 Å². The second kappa shape index (κ2) is 11.6. The average molecular weight is 644 g/mol. The van der Waals surface area contributed by atoms with Gasteiger partial charge in [0.15, 0.2) is 9.84 Å². The van der Waals surface area contributed by atoms with Crippen molar-refractivity contribution in [2.45, 2.75) is 65.8 Å². The van der Waals surface area contributed by atoms with E-state index in [1.165, 1.54) is 0 Å². The minimum absolute atomic E-state index is 0.0104. The highest BCUT2D eigenvalue weighted by Gasteiger charge is 2.73. The van der Waals surface area contributed by atoms with Gasteiger partial charge in [-0.1, -0.05) is 24.3 Å². The van der Waals surface area contributed by atoms with E-state index >= 15 is 0 Å². The number of likely N-dealkylation sites (tertiary alicyclic amines) is 1. The van der Waals surface area contributed by atoms with Crippen molar-refractivity contribution in [3.8, 4) is 0 Å². The van der Waals surface area contributed by atoms with Crippen LogP contribution in [0.4, 0.5) is 35.1 Å². The van der Waals surface area contributed by atoms with Gasteiger partial charge in [-0.25, -0.2) is 17.2 Å². The van der Waals surface area contributed by atoms with Crippen LogP contribution >= 0.6 is 0 Å². The SMILES string of the molecule is O=C(C1CCC(CO)CC1)N1CC(c2ccc(C(F)(C(F)(F)F)C(F)(F)F)cc2)(S(=O)(=O)c2ccc(F)cc2)CC1CO. The van der Waals surface area contributed by atoms with Gasteiger partial charge in [0, 0.05) is 24.6 Å². The van der Waals surface area contributed by atoms with E-state index in [4.69, 9.17) is 0 Å². The molecular formula is C28H29F8NO5S. The molecule has 1 aliphatic carbocycles. The van der Waals surface area contributed by atoms with Gasteiger partial charge in [-0.2, -0.15) is 26.3 Å². The molecule has 2 fully saturated rings. The van der Waals surface area contributed by atoms with Gasteiger partial charge < -0.3 is 15.1 Å². The zero-order valence-electron chi connectivity index (χ0n) is 22.5. The predicted molar refractivity (Wildman–Crippen MR) is 136 cm³/mol. The van der Waals surface area contributed by atoms with Crippen molar-refractivity contribution in [1.29, 1.82) is 0 Å². The van der Waals surface area contributed by atoms with E-state index < -0.39 is 86.3 Å². The lowest BCUT2D eigenvalue weighted by molar-refractivity contribution is -0.348. The highest BCUT2D eigenvalue weighted by atomic mass is 32.2. The minimum Gasteiger partial charge on any atom is -0.396 e. The largest absolute Gasteiger partial charge is 0.435 e. The summed E-state index contributed by atoms with van der Waals surface area (Å²) < 4.78 is 135. The third-order valence-electron chi connectivity index (χ3n) is 8.61. The van der Waals surface area contributed by atoms with Gasteiger partial charge in [-0.3, -0.25) is 4.79 Å². The first kappa shape index (κ1) is 33.1. The number of aliphatic hydroxyl groups is 2.